The largest absolute Gasteiger partial charge is 0.493 e. The van der Waals surface area contributed by atoms with E-state index in [1.54, 1.807) is 0 Å². The van der Waals surface area contributed by atoms with Crippen LogP contribution in [0.25, 0.3) is 0 Å². The Bertz CT molecular complexity index is 977. The number of rotatable bonds is 7. The van der Waals surface area contributed by atoms with Gasteiger partial charge in [0.05, 0.1) is 6.61 Å². The Morgan fingerprint density at radius 1 is 1.13 bits per heavy atom. The Kier molecular flexibility index (Phi) is 4.58. The second kappa shape index (κ2) is 7.35. The van der Waals surface area contributed by atoms with E-state index in [1.165, 1.54) is 11.1 Å². The van der Waals surface area contributed by atoms with Crippen LogP contribution in [0.15, 0.2) is 48.5 Å². The molecule has 0 radical (unpaired) electrons. The number of likely N-dealkylation sites (tertiary alicyclic amines) is 1. The quantitative estimate of drug-likeness (QED) is 0.725. The van der Waals surface area contributed by atoms with E-state index in [4.69, 9.17) is 4.74 Å². The second-order valence-electron chi connectivity index (χ2n) is 9.78. The van der Waals surface area contributed by atoms with Crippen molar-refractivity contribution in [3.05, 3.63) is 65.2 Å². The van der Waals surface area contributed by atoms with Crippen LogP contribution in [0.3, 0.4) is 0 Å². The number of carbonyl (C=O) groups excluding carboxylic acids is 1. The molecular formula is C26H30N2O3. The summed E-state index contributed by atoms with van der Waals surface area (Å²) in [7, 11) is 0. The third kappa shape index (κ3) is 3.44. The summed E-state index contributed by atoms with van der Waals surface area (Å²) in [5.74, 6) is 1.94. The first-order valence-electron chi connectivity index (χ1n) is 11.7. The van der Waals surface area contributed by atoms with Crippen LogP contribution in [0, 0.1) is 17.8 Å². The topological polar surface area (TPSA) is 61.8 Å². The van der Waals surface area contributed by atoms with Crippen molar-refractivity contribution in [1.82, 2.24) is 10.2 Å². The molecule has 0 spiro atoms. The predicted molar refractivity (Wildman–Crippen MR) is 118 cm³/mol. The van der Waals surface area contributed by atoms with Crippen LogP contribution < -0.4 is 10.1 Å². The number of hydrogen-bond acceptors (Lipinski definition) is 4. The number of piperidine rings is 1. The number of hydrogen-bond donors (Lipinski definition) is 2. The highest BCUT2D eigenvalue weighted by atomic mass is 16.5. The van der Waals surface area contributed by atoms with E-state index in [2.05, 4.69) is 28.4 Å². The van der Waals surface area contributed by atoms with E-state index in [9.17, 15) is 9.90 Å². The van der Waals surface area contributed by atoms with Crippen LogP contribution >= 0.6 is 0 Å². The number of nitrogens with zero attached hydrogens (tertiary/aromatic N) is 1. The van der Waals surface area contributed by atoms with Crippen molar-refractivity contribution in [1.29, 1.82) is 0 Å². The Morgan fingerprint density at radius 2 is 1.90 bits per heavy atom. The van der Waals surface area contributed by atoms with Crippen molar-refractivity contribution in [2.24, 2.45) is 17.8 Å². The summed E-state index contributed by atoms with van der Waals surface area (Å²) in [6.07, 6.45) is 3.91. The molecule has 4 aliphatic rings. The molecule has 162 valence electrons. The number of ether oxygens (including phenoxy) is 1. The molecule has 2 saturated carbocycles. The zero-order valence-electron chi connectivity index (χ0n) is 17.8. The number of nitrogens with one attached hydrogen (secondary N) is 1. The maximum absolute atomic E-state index is 13.1. The van der Waals surface area contributed by atoms with Crippen molar-refractivity contribution >= 4 is 5.91 Å². The molecule has 2 aliphatic carbocycles. The van der Waals surface area contributed by atoms with Gasteiger partial charge in [0.2, 0.25) is 0 Å². The van der Waals surface area contributed by atoms with Crippen molar-refractivity contribution in [3.8, 4) is 5.75 Å². The standard InChI is InChI=1S/C26H30N2O3/c29-25(26(30,20-7-8-20)19-4-2-1-3-5-19)27-24-21-15-28(16-22(21)24)12-10-17-6-9-23-18(14-17)11-13-31-23/h1-6,9,14,20-22,24,30H,7-8,10-13,15-16H2,(H,27,29)/t21-,22?,24+,26?/m0/s1. The average Bonchev–Trinajstić information content (AvgIpc) is 3.64. The van der Waals surface area contributed by atoms with Gasteiger partial charge in [-0.15, -0.1) is 0 Å². The maximum Gasteiger partial charge on any atom is 0.257 e. The van der Waals surface area contributed by atoms with Crippen LogP contribution in [-0.4, -0.2) is 48.2 Å². The first-order chi connectivity index (χ1) is 15.1. The van der Waals surface area contributed by atoms with Gasteiger partial charge in [0, 0.05) is 38.0 Å². The molecule has 1 amide bonds. The first kappa shape index (κ1) is 19.3. The molecule has 0 bridgehead atoms. The Balaban J connectivity index is 1.03. The molecule has 2 heterocycles. The number of aliphatic hydroxyl groups is 1. The third-order valence-corrected chi connectivity index (χ3v) is 7.77. The Morgan fingerprint density at radius 3 is 2.65 bits per heavy atom. The van der Waals surface area contributed by atoms with Gasteiger partial charge in [-0.05, 0) is 53.9 Å². The van der Waals surface area contributed by atoms with Gasteiger partial charge in [0.25, 0.3) is 5.91 Å². The monoisotopic (exact) mass is 418 g/mol. The van der Waals surface area contributed by atoms with E-state index < -0.39 is 5.60 Å². The molecule has 1 saturated heterocycles. The summed E-state index contributed by atoms with van der Waals surface area (Å²) in [5.41, 5.74) is 2.06. The molecule has 5 heteroatoms. The van der Waals surface area contributed by atoms with Crippen LogP contribution in [0.2, 0.25) is 0 Å². The zero-order chi connectivity index (χ0) is 21.0. The predicted octanol–water partition coefficient (Wildman–Crippen LogP) is 2.51. The van der Waals surface area contributed by atoms with Gasteiger partial charge in [-0.3, -0.25) is 4.79 Å². The second-order valence-corrected chi connectivity index (χ2v) is 9.78. The van der Waals surface area contributed by atoms with E-state index in [-0.39, 0.29) is 17.9 Å². The molecule has 6 rings (SSSR count). The lowest BCUT2D eigenvalue weighted by atomic mass is 9.87. The van der Waals surface area contributed by atoms with Gasteiger partial charge in [0.15, 0.2) is 5.60 Å². The summed E-state index contributed by atoms with van der Waals surface area (Å²) in [4.78, 5) is 15.6. The fourth-order valence-corrected chi connectivity index (χ4v) is 5.70. The number of fused-ring (bicyclic) bond motifs is 2. The van der Waals surface area contributed by atoms with Gasteiger partial charge in [-0.1, -0.05) is 42.5 Å². The van der Waals surface area contributed by atoms with E-state index in [1.807, 2.05) is 30.3 Å². The molecule has 31 heavy (non-hydrogen) atoms. The highest BCUT2D eigenvalue weighted by Gasteiger charge is 2.59. The van der Waals surface area contributed by atoms with E-state index in [0.717, 1.165) is 63.2 Å². The molecule has 4 atom stereocenters. The van der Waals surface area contributed by atoms with Crippen LogP contribution in [0.1, 0.15) is 29.5 Å². The van der Waals surface area contributed by atoms with Gasteiger partial charge in [-0.2, -0.15) is 0 Å². The fraction of sp³-hybridized carbons (Fsp3) is 0.500. The Labute approximate surface area is 183 Å². The van der Waals surface area contributed by atoms with Crippen molar-refractivity contribution in [2.45, 2.75) is 37.3 Å². The Hall–Kier alpha value is -2.37. The molecule has 3 fully saturated rings. The third-order valence-electron chi connectivity index (χ3n) is 7.77. The lowest BCUT2D eigenvalue weighted by Crippen LogP contribution is -2.48. The minimum atomic E-state index is -1.38. The molecule has 2 unspecified atom stereocenters. The van der Waals surface area contributed by atoms with Gasteiger partial charge in [-0.25, -0.2) is 0 Å². The van der Waals surface area contributed by atoms with Gasteiger partial charge >= 0.3 is 0 Å². The first-order valence-corrected chi connectivity index (χ1v) is 11.7. The molecule has 2 aliphatic heterocycles. The maximum atomic E-state index is 13.1. The molecule has 2 aromatic rings. The molecule has 0 aromatic heterocycles. The molecule has 5 nitrogen and oxygen atoms in total. The van der Waals surface area contributed by atoms with Crippen LogP contribution in [0.5, 0.6) is 5.75 Å². The smallest absolute Gasteiger partial charge is 0.257 e. The summed E-state index contributed by atoms with van der Waals surface area (Å²) < 4.78 is 5.60. The number of carbonyl (C=O) groups is 1. The van der Waals surface area contributed by atoms with E-state index >= 15 is 0 Å². The molecule has 2 N–H and O–H groups in total. The highest BCUT2D eigenvalue weighted by molar-refractivity contribution is 5.87. The van der Waals surface area contributed by atoms with Crippen LogP contribution in [-0.2, 0) is 23.2 Å². The summed E-state index contributed by atoms with van der Waals surface area (Å²) >= 11 is 0. The normalized spacial score (nSPS) is 28.4. The number of benzene rings is 2. The minimum Gasteiger partial charge on any atom is -0.493 e. The lowest BCUT2D eigenvalue weighted by Gasteiger charge is -2.28. The average molecular weight is 419 g/mol. The summed E-state index contributed by atoms with van der Waals surface area (Å²) in [6.45, 7) is 3.94. The van der Waals surface area contributed by atoms with Crippen molar-refractivity contribution in [3.63, 3.8) is 0 Å². The minimum absolute atomic E-state index is 0.0442. The number of amides is 1. The fourth-order valence-electron chi connectivity index (χ4n) is 5.70. The highest BCUT2D eigenvalue weighted by Crippen LogP contribution is 2.49. The van der Waals surface area contributed by atoms with Gasteiger partial charge < -0.3 is 20.1 Å². The van der Waals surface area contributed by atoms with E-state index in [0.29, 0.717) is 11.8 Å². The van der Waals surface area contributed by atoms with Crippen molar-refractivity contribution in [2.75, 3.05) is 26.2 Å². The SMILES string of the molecule is O=C(N[C@H]1C2CN(CCc3ccc4c(c3)CCO4)C[C@@H]21)C(O)(c1ccccc1)C1CC1. The molecule has 2 aromatic carbocycles. The summed E-state index contributed by atoms with van der Waals surface area (Å²) in [5, 5.41) is 14.5. The van der Waals surface area contributed by atoms with Gasteiger partial charge in [0.1, 0.15) is 5.75 Å². The molecular weight excluding hydrogens is 388 g/mol. The van der Waals surface area contributed by atoms with Crippen molar-refractivity contribution < 1.29 is 14.6 Å². The lowest BCUT2D eigenvalue weighted by molar-refractivity contribution is -0.143. The zero-order valence-corrected chi connectivity index (χ0v) is 17.8. The summed E-state index contributed by atoms with van der Waals surface area (Å²) in [6, 6.07) is 16.3. The van der Waals surface area contributed by atoms with Crippen LogP contribution in [0.4, 0.5) is 0 Å².